The molecule has 0 saturated carbocycles. The average Bonchev–Trinajstić information content (AvgIpc) is 2.31. The summed E-state index contributed by atoms with van der Waals surface area (Å²) in [7, 11) is 0. The molecule has 1 fully saturated rings. The van der Waals surface area contributed by atoms with Gasteiger partial charge in [-0.25, -0.2) is 4.79 Å². The zero-order chi connectivity index (χ0) is 9.30. The molecule has 5 nitrogen and oxygen atoms in total. The fourth-order valence-corrected chi connectivity index (χ4v) is 1.34. The third-order valence-corrected chi connectivity index (χ3v) is 1.89. The minimum Gasteiger partial charge on any atom is -0.481 e. The molecular weight excluding hydrogens is 164 g/mol. The quantitative estimate of drug-likeness (QED) is 0.613. The number of carboxylic acids is 2. The maximum absolute atomic E-state index is 10.5. The van der Waals surface area contributed by atoms with Crippen molar-refractivity contribution in [3.05, 3.63) is 0 Å². The van der Waals surface area contributed by atoms with Gasteiger partial charge in [-0.15, -0.1) is 0 Å². The molecule has 1 heterocycles. The van der Waals surface area contributed by atoms with Crippen LogP contribution in [0.3, 0.4) is 0 Å². The van der Waals surface area contributed by atoms with Gasteiger partial charge in [0.15, 0.2) is 6.10 Å². The lowest BCUT2D eigenvalue weighted by Gasteiger charge is -2.08. The van der Waals surface area contributed by atoms with Gasteiger partial charge in [0.25, 0.3) is 0 Å². The second-order valence-corrected chi connectivity index (χ2v) is 2.89. The summed E-state index contributed by atoms with van der Waals surface area (Å²) < 4.78 is 4.92. The lowest BCUT2D eigenvalue weighted by Crippen LogP contribution is -2.31. The van der Waals surface area contributed by atoms with Crippen molar-refractivity contribution >= 4 is 11.9 Å². The molecule has 2 N–H and O–H groups in total. The van der Waals surface area contributed by atoms with Crippen LogP contribution in [0.2, 0.25) is 0 Å². The van der Waals surface area contributed by atoms with Gasteiger partial charge < -0.3 is 14.9 Å². The van der Waals surface area contributed by atoms with Crippen LogP contribution >= 0.6 is 0 Å². The van der Waals surface area contributed by atoms with E-state index in [1.807, 2.05) is 0 Å². The van der Waals surface area contributed by atoms with Gasteiger partial charge >= 0.3 is 11.9 Å². The highest BCUT2D eigenvalue weighted by atomic mass is 16.5. The van der Waals surface area contributed by atoms with Crippen LogP contribution in [-0.2, 0) is 14.3 Å². The van der Waals surface area contributed by atoms with Gasteiger partial charge in [0.1, 0.15) is 0 Å². The van der Waals surface area contributed by atoms with E-state index >= 15 is 0 Å². The summed E-state index contributed by atoms with van der Waals surface area (Å²) in [5.74, 6) is -3.21. The smallest absolute Gasteiger partial charge is 0.333 e. The minimum absolute atomic E-state index is 0.270. The molecule has 1 aliphatic heterocycles. The van der Waals surface area contributed by atoms with Crippen LogP contribution < -0.4 is 0 Å². The molecule has 0 aromatic carbocycles. The standard InChI is InChI=1S/C7H10O5/c1-3-2-4(6(8)9)5(12-3)7(10)11/h3-5H,2H2,1H3,(H,8,9)(H,10,11). The fraction of sp³-hybridized carbons (Fsp3) is 0.714. The van der Waals surface area contributed by atoms with Gasteiger partial charge in [-0.2, -0.15) is 0 Å². The molecule has 1 rings (SSSR count). The monoisotopic (exact) mass is 174 g/mol. The van der Waals surface area contributed by atoms with E-state index < -0.39 is 24.0 Å². The first-order valence-electron chi connectivity index (χ1n) is 3.63. The summed E-state index contributed by atoms with van der Waals surface area (Å²) in [5, 5.41) is 17.2. The summed E-state index contributed by atoms with van der Waals surface area (Å²) in [6.07, 6.45) is -1.20. The second-order valence-electron chi connectivity index (χ2n) is 2.89. The number of carboxylic acid groups (broad SMARTS) is 2. The minimum atomic E-state index is -1.20. The van der Waals surface area contributed by atoms with Gasteiger partial charge in [0.05, 0.1) is 12.0 Å². The summed E-state index contributed by atoms with van der Waals surface area (Å²) in [5.41, 5.74) is 0. The molecule has 0 radical (unpaired) electrons. The number of ether oxygens (including phenoxy) is 1. The third-order valence-electron chi connectivity index (χ3n) is 1.89. The first-order valence-corrected chi connectivity index (χ1v) is 3.63. The number of carbonyl (C=O) groups is 2. The van der Waals surface area contributed by atoms with E-state index in [4.69, 9.17) is 14.9 Å². The third kappa shape index (κ3) is 1.55. The SMILES string of the molecule is CC1CC(C(=O)O)C(C(=O)O)O1. The maximum Gasteiger partial charge on any atom is 0.333 e. The van der Waals surface area contributed by atoms with Crippen LogP contribution in [0.1, 0.15) is 13.3 Å². The molecule has 5 heteroatoms. The summed E-state index contributed by atoms with van der Waals surface area (Å²) in [4.78, 5) is 21.0. The zero-order valence-electron chi connectivity index (χ0n) is 6.56. The molecule has 0 amide bonds. The van der Waals surface area contributed by atoms with Crippen molar-refractivity contribution in [1.82, 2.24) is 0 Å². The Morgan fingerprint density at radius 2 is 1.92 bits per heavy atom. The molecule has 3 atom stereocenters. The molecule has 0 spiro atoms. The van der Waals surface area contributed by atoms with E-state index in [2.05, 4.69) is 0 Å². The van der Waals surface area contributed by atoms with Crippen LogP contribution in [0, 0.1) is 5.92 Å². The van der Waals surface area contributed by atoms with Crippen molar-refractivity contribution in [2.75, 3.05) is 0 Å². The molecule has 68 valence electrons. The molecule has 1 saturated heterocycles. The number of rotatable bonds is 2. The van der Waals surface area contributed by atoms with Crippen molar-refractivity contribution in [3.8, 4) is 0 Å². The summed E-state index contributed by atoms with van der Waals surface area (Å²) in [6.45, 7) is 1.67. The van der Waals surface area contributed by atoms with E-state index in [9.17, 15) is 9.59 Å². The van der Waals surface area contributed by atoms with Gasteiger partial charge in [0, 0.05) is 0 Å². The van der Waals surface area contributed by atoms with Crippen LogP contribution in [0.15, 0.2) is 0 Å². The van der Waals surface area contributed by atoms with E-state index in [-0.39, 0.29) is 12.5 Å². The van der Waals surface area contributed by atoms with Gasteiger partial charge in [0.2, 0.25) is 0 Å². The Kier molecular flexibility index (Phi) is 2.32. The lowest BCUT2D eigenvalue weighted by atomic mass is 10.0. The summed E-state index contributed by atoms with van der Waals surface area (Å²) in [6, 6.07) is 0. The van der Waals surface area contributed by atoms with Crippen molar-refractivity contribution in [3.63, 3.8) is 0 Å². The van der Waals surface area contributed by atoms with Gasteiger partial charge in [-0.3, -0.25) is 4.79 Å². The Labute approximate surface area is 68.9 Å². The molecule has 3 unspecified atom stereocenters. The van der Waals surface area contributed by atoms with Crippen LogP contribution in [0.25, 0.3) is 0 Å². The lowest BCUT2D eigenvalue weighted by molar-refractivity contribution is -0.157. The molecule has 0 bridgehead atoms. The van der Waals surface area contributed by atoms with Crippen LogP contribution in [0.4, 0.5) is 0 Å². The predicted octanol–water partition coefficient (Wildman–Crippen LogP) is -0.0508. The topological polar surface area (TPSA) is 83.8 Å². The Morgan fingerprint density at radius 3 is 2.25 bits per heavy atom. The largest absolute Gasteiger partial charge is 0.481 e. The van der Waals surface area contributed by atoms with Crippen molar-refractivity contribution in [2.24, 2.45) is 5.92 Å². The molecule has 12 heavy (non-hydrogen) atoms. The Morgan fingerprint density at radius 1 is 1.33 bits per heavy atom. The number of hydrogen-bond acceptors (Lipinski definition) is 3. The predicted molar refractivity (Wildman–Crippen MR) is 37.7 cm³/mol. The first-order chi connectivity index (χ1) is 5.52. The molecule has 0 aliphatic carbocycles. The van der Waals surface area contributed by atoms with Crippen molar-refractivity contribution in [1.29, 1.82) is 0 Å². The van der Waals surface area contributed by atoms with Gasteiger partial charge in [-0.05, 0) is 13.3 Å². The number of aliphatic carboxylic acids is 2. The Hall–Kier alpha value is -1.10. The van der Waals surface area contributed by atoms with E-state index in [1.54, 1.807) is 6.92 Å². The molecule has 0 aromatic rings. The van der Waals surface area contributed by atoms with E-state index in [1.165, 1.54) is 0 Å². The van der Waals surface area contributed by atoms with Crippen LogP contribution in [0.5, 0.6) is 0 Å². The van der Waals surface area contributed by atoms with Crippen molar-refractivity contribution < 1.29 is 24.5 Å². The Bertz CT molecular complexity index is 190. The molecule has 0 aromatic heterocycles. The maximum atomic E-state index is 10.5. The van der Waals surface area contributed by atoms with Crippen molar-refractivity contribution in [2.45, 2.75) is 25.6 Å². The number of hydrogen-bond donors (Lipinski definition) is 2. The zero-order valence-corrected chi connectivity index (χ0v) is 6.56. The fourth-order valence-electron chi connectivity index (χ4n) is 1.34. The van der Waals surface area contributed by atoms with E-state index in [0.717, 1.165) is 0 Å². The highest BCUT2D eigenvalue weighted by Crippen LogP contribution is 2.26. The van der Waals surface area contributed by atoms with E-state index in [0.29, 0.717) is 0 Å². The highest BCUT2D eigenvalue weighted by Gasteiger charge is 2.42. The highest BCUT2D eigenvalue weighted by molar-refractivity contribution is 5.82. The Balaban J connectivity index is 2.72. The average molecular weight is 174 g/mol. The summed E-state index contributed by atoms with van der Waals surface area (Å²) >= 11 is 0. The van der Waals surface area contributed by atoms with Crippen LogP contribution in [-0.4, -0.2) is 34.4 Å². The van der Waals surface area contributed by atoms with Gasteiger partial charge in [-0.1, -0.05) is 0 Å². The molecular formula is C7H10O5. The second kappa shape index (κ2) is 3.10. The normalized spacial score (nSPS) is 34.9. The molecule has 1 aliphatic rings. The first kappa shape index (κ1) is 8.99.